The number of hydrogen-bond acceptors (Lipinski definition) is 2. The molecule has 0 aliphatic rings. The molecule has 96 valence electrons. The van der Waals surface area contributed by atoms with Crippen molar-refractivity contribution in [1.82, 2.24) is 15.2 Å². The predicted molar refractivity (Wildman–Crippen MR) is 70.7 cm³/mol. The minimum atomic E-state index is -0.0801. The van der Waals surface area contributed by atoms with Crippen LogP contribution in [0.5, 0.6) is 0 Å². The summed E-state index contributed by atoms with van der Waals surface area (Å²) in [5.74, 6) is -0.0801. The van der Waals surface area contributed by atoms with E-state index in [1.54, 1.807) is 12.3 Å². The molecule has 0 saturated heterocycles. The topological polar surface area (TPSA) is 46.1 Å². The molecule has 0 radical (unpaired) electrons. The molecule has 2 N–H and O–H groups in total. The summed E-state index contributed by atoms with van der Waals surface area (Å²) in [6.07, 6.45) is 1.78. The number of nitrogens with one attached hydrogen (secondary N) is 2. The zero-order chi connectivity index (χ0) is 12.8. The van der Waals surface area contributed by atoms with Gasteiger partial charge in [0.15, 0.2) is 0 Å². The summed E-state index contributed by atoms with van der Waals surface area (Å²) in [6, 6.07) is 1.92. The maximum absolute atomic E-state index is 11.9. The molecule has 17 heavy (non-hydrogen) atoms. The number of aromatic nitrogens is 1. The van der Waals surface area contributed by atoms with Crippen LogP contribution in [-0.4, -0.2) is 30.1 Å². The highest BCUT2D eigenvalue weighted by molar-refractivity contribution is 6.31. The van der Waals surface area contributed by atoms with Crippen LogP contribution in [0.3, 0.4) is 0 Å². The van der Waals surface area contributed by atoms with Crippen molar-refractivity contribution in [3.05, 3.63) is 23.0 Å². The fourth-order valence-electron chi connectivity index (χ4n) is 1.59. The van der Waals surface area contributed by atoms with Crippen LogP contribution in [0, 0.1) is 0 Å². The Hall–Kier alpha value is -1.00. The molecule has 4 nitrogen and oxygen atoms in total. The lowest BCUT2D eigenvalue weighted by Crippen LogP contribution is -2.33. The van der Waals surface area contributed by atoms with Crippen LogP contribution in [-0.2, 0) is 0 Å². The molecule has 0 spiro atoms. The van der Waals surface area contributed by atoms with Crippen LogP contribution in [0.1, 0.15) is 37.3 Å². The second-order valence-corrected chi connectivity index (χ2v) is 4.59. The largest absolute Gasteiger partial charge is 0.349 e. The highest BCUT2D eigenvalue weighted by atomic mass is 35.5. The number of likely N-dealkylation sites (N-methyl/N-ethyl adjacent to an activating group) is 1. The number of nitrogens with zero attached hydrogens (tertiary/aromatic N) is 1. The SMILES string of the molecule is CCNCCNC(=O)c1cc(Cl)cn1C(C)C. The van der Waals surface area contributed by atoms with Crippen molar-refractivity contribution in [3.63, 3.8) is 0 Å². The van der Waals surface area contributed by atoms with Crippen molar-refractivity contribution in [1.29, 1.82) is 0 Å². The van der Waals surface area contributed by atoms with E-state index >= 15 is 0 Å². The molecule has 0 aromatic carbocycles. The van der Waals surface area contributed by atoms with Crippen molar-refractivity contribution in [2.75, 3.05) is 19.6 Å². The number of rotatable bonds is 6. The third-order valence-electron chi connectivity index (χ3n) is 2.44. The van der Waals surface area contributed by atoms with Gasteiger partial charge in [0.25, 0.3) is 5.91 Å². The van der Waals surface area contributed by atoms with E-state index in [0.717, 1.165) is 13.1 Å². The van der Waals surface area contributed by atoms with Gasteiger partial charge in [-0.2, -0.15) is 0 Å². The monoisotopic (exact) mass is 257 g/mol. The zero-order valence-corrected chi connectivity index (χ0v) is 11.3. The molecule has 1 aromatic rings. The first-order valence-electron chi connectivity index (χ1n) is 5.92. The van der Waals surface area contributed by atoms with Crippen molar-refractivity contribution in [3.8, 4) is 0 Å². The molecule has 0 aliphatic carbocycles. The summed E-state index contributed by atoms with van der Waals surface area (Å²) in [7, 11) is 0. The number of halogens is 1. The molecule has 0 fully saturated rings. The Morgan fingerprint density at radius 3 is 2.76 bits per heavy atom. The Morgan fingerprint density at radius 1 is 1.47 bits per heavy atom. The molecule has 0 saturated carbocycles. The van der Waals surface area contributed by atoms with Crippen LogP contribution >= 0.6 is 11.6 Å². The van der Waals surface area contributed by atoms with E-state index < -0.39 is 0 Å². The first-order chi connectivity index (χ1) is 8.06. The molecule has 0 bridgehead atoms. The van der Waals surface area contributed by atoms with E-state index in [4.69, 9.17) is 11.6 Å². The van der Waals surface area contributed by atoms with Gasteiger partial charge in [0.2, 0.25) is 0 Å². The zero-order valence-electron chi connectivity index (χ0n) is 10.6. The van der Waals surface area contributed by atoms with Crippen molar-refractivity contribution in [2.45, 2.75) is 26.8 Å². The minimum absolute atomic E-state index is 0.0801. The molecule has 1 amide bonds. The summed E-state index contributed by atoms with van der Waals surface area (Å²) < 4.78 is 1.88. The van der Waals surface area contributed by atoms with Gasteiger partial charge in [0.05, 0.1) is 5.02 Å². The van der Waals surface area contributed by atoms with E-state index in [2.05, 4.69) is 10.6 Å². The lowest BCUT2D eigenvalue weighted by Gasteiger charge is -2.12. The molecule has 1 rings (SSSR count). The fourth-order valence-corrected chi connectivity index (χ4v) is 1.80. The molecule has 0 unspecified atom stereocenters. The number of amides is 1. The Bertz CT molecular complexity index is 374. The molecule has 0 atom stereocenters. The number of hydrogen-bond donors (Lipinski definition) is 2. The van der Waals surface area contributed by atoms with E-state index in [1.807, 2.05) is 25.3 Å². The van der Waals surface area contributed by atoms with Gasteiger partial charge in [0.1, 0.15) is 5.69 Å². The van der Waals surface area contributed by atoms with Gasteiger partial charge in [-0.15, -0.1) is 0 Å². The second kappa shape index (κ2) is 6.67. The van der Waals surface area contributed by atoms with Crippen LogP contribution < -0.4 is 10.6 Å². The molecule has 1 heterocycles. The Morgan fingerprint density at radius 2 is 2.18 bits per heavy atom. The average Bonchev–Trinajstić information content (AvgIpc) is 2.66. The average molecular weight is 258 g/mol. The molecule has 1 aromatic heterocycles. The predicted octanol–water partition coefficient (Wildman–Crippen LogP) is 2.06. The summed E-state index contributed by atoms with van der Waals surface area (Å²) >= 11 is 5.92. The normalized spacial score (nSPS) is 10.9. The van der Waals surface area contributed by atoms with Gasteiger partial charge in [-0.05, 0) is 26.5 Å². The quantitative estimate of drug-likeness (QED) is 0.767. The van der Waals surface area contributed by atoms with E-state index in [-0.39, 0.29) is 11.9 Å². The van der Waals surface area contributed by atoms with Gasteiger partial charge in [-0.1, -0.05) is 18.5 Å². The first kappa shape index (κ1) is 14.1. The van der Waals surface area contributed by atoms with Crippen LogP contribution in [0.4, 0.5) is 0 Å². The lowest BCUT2D eigenvalue weighted by molar-refractivity contribution is 0.0943. The van der Waals surface area contributed by atoms with Gasteiger partial charge in [0, 0.05) is 25.3 Å². The van der Waals surface area contributed by atoms with Gasteiger partial charge >= 0.3 is 0 Å². The minimum Gasteiger partial charge on any atom is -0.349 e. The Kier molecular flexibility index (Phi) is 5.51. The highest BCUT2D eigenvalue weighted by Crippen LogP contribution is 2.18. The summed E-state index contributed by atoms with van der Waals surface area (Å²) in [6.45, 7) is 8.37. The molecule has 5 heteroatoms. The maximum atomic E-state index is 11.9. The number of carbonyl (C=O) groups is 1. The summed E-state index contributed by atoms with van der Waals surface area (Å²) in [4.78, 5) is 11.9. The van der Waals surface area contributed by atoms with E-state index in [1.165, 1.54) is 0 Å². The van der Waals surface area contributed by atoms with Crippen LogP contribution in [0.15, 0.2) is 12.3 Å². The smallest absolute Gasteiger partial charge is 0.268 e. The van der Waals surface area contributed by atoms with Crippen LogP contribution in [0.25, 0.3) is 0 Å². The highest BCUT2D eigenvalue weighted by Gasteiger charge is 2.14. The van der Waals surface area contributed by atoms with Crippen molar-refractivity contribution in [2.24, 2.45) is 0 Å². The maximum Gasteiger partial charge on any atom is 0.268 e. The van der Waals surface area contributed by atoms with Crippen molar-refractivity contribution < 1.29 is 4.79 Å². The molecular weight excluding hydrogens is 238 g/mol. The summed E-state index contributed by atoms with van der Waals surface area (Å²) in [5, 5.41) is 6.60. The lowest BCUT2D eigenvalue weighted by atomic mass is 10.3. The standard InChI is InChI=1S/C12H20ClN3O/c1-4-14-5-6-15-12(17)11-7-10(13)8-16(11)9(2)3/h7-9,14H,4-6H2,1-3H3,(H,15,17). The Labute approximate surface area is 107 Å². The van der Waals surface area contributed by atoms with Crippen molar-refractivity contribution >= 4 is 17.5 Å². The summed E-state index contributed by atoms with van der Waals surface area (Å²) in [5.41, 5.74) is 0.612. The van der Waals surface area contributed by atoms with Gasteiger partial charge in [-0.3, -0.25) is 4.79 Å². The van der Waals surface area contributed by atoms with E-state index in [0.29, 0.717) is 17.3 Å². The van der Waals surface area contributed by atoms with Crippen LogP contribution in [0.2, 0.25) is 5.02 Å². The molecular formula is C12H20ClN3O. The number of carbonyl (C=O) groups excluding carboxylic acids is 1. The second-order valence-electron chi connectivity index (χ2n) is 4.15. The van der Waals surface area contributed by atoms with Gasteiger partial charge in [-0.25, -0.2) is 0 Å². The molecule has 0 aliphatic heterocycles. The third-order valence-corrected chi connectivity index (χ3v) is 2.65. The Balaban J connectivity index is 2.62. The first-order valence-corrected chi connectivity index (χ1v) is 6.30. The van der Waals surface area contributed by atoms with E-state index in [9.17, 15) is 4.79 Å². The third kappa shape index (κ3) is 4.06. The van der Waals surface area contributed by atoms with Gasteiger partial charge < -0.3 is 15.2 Å². The fraction of sp³-hybridized carbons (Fsp3) is 0.583.